The van der Waals surface area contributed by atoms with Crippen LogP contribution in [0.25, 0.3) is 6.08 Å². The zero-order chi connectivity index (χ0) is 22.9. The third kappa shape index (κ3) is 4.30. The first-order chi connectivity index (χ1) is 16.0. The van der Waals surface area contributed by atoms with Gasteiger partial charge in [0.05, 0.1) is 10.0 Å². The summed E-state index contributed by atoms with van der Waals surface area (Å²) in [6.07, 6.45) is 4.88. The van der Waals surface area contributed by atoms with Crippen LogP contribution >= 0.6 is 39.0 Å². The number of fused-ring (bicyclic) bond motifs is 1. The average molecular weight is 538 g/mol. The molecule has 4 heterocycles. The molecule has 33 heavy (non-hydrogen) atoms. The maximum atomic E-state index is 12.6. The largest absolute Gasteiger partial charge is 0.421 e. The molecule has 3 aromatic rings. The molecule has 8 nitrogen and oxygen atoms in total. The lowest BCUT2D eigenvalue weighted by Crippen LogP contribution is -2.35. The molecular weight excluding hydrogens is 526 g/mol. The molecular formula is C22H12BrN5O3S2. The van der Waals surface area contributed by atoms with Gasteiger partial charge in [-0.25, -0.2) is 4.79 Å². The van der Waals surface area contributed by atoms with E-state index in [2.05, 4.69) is 31.0 Å². The SMILES string of the molecule is N=C1/C(=C/c2ccc(OC(=O)c3cccs3)c(Br)c2)C(=O)N=C2SC(c3cccnc3)=NN12. The molecule has 2 aromatic heterocycles. The van der Waals surface area contributed by atoms with Crippen LogP contribution in [-0.4, -0.2) is 37.9 Å². The third-order valence-corrected chi connectivity index (χ3v) is 6.98. The zero-order valence-electron chi connectivity index (χ0n) is 16.6. The molecule has 1 N–H and O–H groups in total. The number of aliphatic imine (C=N–C) groups is 1. The molecule has 2 aliphatic rings. The lowest BCUT2D eigenvalue weighted by molar-refractivity contribution is -0.114. The van der Waals surface area contributed by atoms with Crippen LogP contribution in [-0.2, 0) is 4.79 Å². The number of amides is 1. The summed E-state index contributed by atoms with van der Waals surface area (Å²) in [7, 11) is 0. The molecule has 0 atom stereocenters. The second-order valence-electron chi connectivity index (χ2n) is 6.72. The highest BCUT2D eigenvalue weighted by molar-refractivity contribution is 9.10. The van der Waals surface area contributed by atoms with Crippen LogP contribution < -0.4 is 4.74 Å². The second kappa shape index (κ2) is 8.85. The lowest BCUT2D eigenvalue weighted by Gasteiger charge is -2.20. The minimum Gasteiger partial charge on any atom is -0.421 e. The molecule has 11 heteroatoms. The topological polar surface area (TPSA) is 108 Å². The molecule has 0 saturated heterocycles. The smallest absolute Gasteiger partial charge is 0.353 e. The number of hydrogen-bond acceptors (Lipinski definition) is 8. The summed E-state index contributed by atoms with van der Waals surface area (Å²) in [4.78, 5) is 33.5. The number of pyridine rings is 1. The van der Waals surface area contributed by atoms with Crippen LogP contribution in [0.2, 0.25) is 0 Å². The van der Waals surface area contributed by atoms with Gasteiger partial charge in [-0.3, -0.25) is 15.2 Å². The number of halogens is 1. The van der Waals surface area contributed by atoms with Crippen LogP contribution in [0.15, 0.2) is 80.4 Å². The summed E-state index contributed by atoms with van der Waals surface area (Å²) in [6, 6.07) is 12.1. The molecule has 0 bridgehead atoms. The van der Waals surface area contributed by atoms with Crippen molar-refractivity contribution in [2.45, 2.75) is 0 Å². The number of benzene rings is 1. The van der Waals surface area contributed by atoms with Gasteiger partial charge in [0.2, 0.25) is 5.17 Å². The Kier molecular flexibility index (Phi) is 5.75. The highest BCUT2D eigenvalue weighted by atomic mass is 79.9. The van der Waals surface area contributed by atoms with E-state index in [1.807, 2.05) is 6.07 Å². The van der Waals surface area contributed by atoms with E-state index in [0.717, 1.165) is 5.56 Å². The number of hydrazone groups is 1. The van der Waals surface area contributed by atoms with Crippen LogP contribution in [0.5, 0.6) is 5.75 Å². The molecule has 0 aliphatic carbocycles. The van der Waals surface area contributed by atoms with Gasteiger partial charge in [0.1, 0.15) is 15.7 Å². The lowest BCUT2D eigenvalue weighted by atomic mass is 10.1. The summed E-state index contributed by atoms with van der Waals surface area (Å²) < 4.78 is 5.96. The minimum atomic E-state index is -0.522. The molecule has 0 unspecified atom stereocenters. The van der Waals surface area contributed by atoms with Crippen molar-refractivity contribution < 1.29 is 14.3 Å². The molecule has 162 valence electrons. The van der Waals surface area contributed by atoms with Crippen molar-refractivity contribution in [2.75, 3.05) is 0 Å². The highest BCUT2D eigenvalue weighted by Crippen LogP contribution is 2.32. The number of nitrogens with zero attached hydrogens (tertiary/aromatic N) is 4. The number of nitrogens with one attached hydrogen (secondary N) is 1. The fraction of sp³-hybridized carbons (Fsp3) is 0. The summed E-state index contributed by atoms with van der Waals surface area (Å²) in [6.45, 7) is 0. The van der Waals surface area contributed by atoms with Gasteiger partial charge in [-0.1, -0.05) is 12.1 Å². The normalized spacial score (nSPS) is 16.5. The summed E-state index contributed by atoms with van der Waals surface area (Å²) in [5.74, 6) is -0.689. The summed E-state index contributed by atoms with van der Waals surface area (Å²) >= 11 is 5.91. The molecule has 0 radical (unpaired) electrons. The van der Waals surface area contributed by atoms with E-state index < -0.39 is 11.9 Å². The molecule has 1 amide bonds. The fourth-order valence-corrected chi connectivity index (χ4v) is 4.96. The Morgan fingerprint density at radius 3 is 2.82 bits per heavy atom. The van der Waals surface area contributed by atoms with Crippen molar-refractivity contribution in [1.29, 1.82) is 5.41 Å². The quantitative estimate of drug-likeness (QED) is 0.291. The number of hydrogen-bond donors (Lipinski definition) is 1. The molecule has 0 fully saturated rings. The van der Waals surface area contributed by atoms with Crippen LogP contribution in [0, 0.1) is 5.41 Å². The highest BCUT2D eigenvalue weighted by Gasteiger charge is 2.36. The molecule has 0 spiro atoms. The summed E-state index contributed by atoms with van der Waals surface area (Å²) in [5.41, 5.74) is 1.51. The number of thioether (sulfide) groups is 1. The number of rotatable bonds is 4. The third-order valence-electron chi connectivity index (χ3n) is 4.55. The maximum Gasteiger partial charge on any atom is 0.353 e. The van der Waals surface area contributed by atoms with Crippen LogP contribution in [0.1, 0.15) is 20.8 Å². The van der Waals surface area contributed by atoms with Crippen molar-refractivity contribution in [3.63, 3.8) is 0 Å². The number of aromatic nitrogens is 1. The van der Waals surface area contributed by atoms with Crippen molar-refractivity contribution in [3.8, 4) is 5.75 Å². The zero-order valence-corrected chi connectivity index (χ0v) is 19.8. The van der Waals surface area contributed by atoms with E-state index in [0.29, 0.717) is 30.9 Å². The van der Waals surface area contributed by atoms with E-state index >= 15 is 0 Å². The molecule has 2 aliphatic heterocycles. The Balaban J connectivity index is 1.39. The van der Waals surface area contributed by atoms with Crippen molar-refractivity contribution >= 4 is 73.0 Å². The van der Waals surface area contributed by atoms with Gasteiger partial charge in [-0.15, -0.1) is 11.3 Å². The van der Waals surface area contributed by atoms with Gasteiger partial charge in [0.15, 0.2) is 5.84 Å². The first kappa shape index (κ1) is 21.4. The van der Waals surface area contributed by atoms with Gasteiger partial charge >= 0.3 is 5.97 Å². The van der Waals surface area contributed by atoms with E-state index in [9.17, 15) is 9.59 Å². The van der Waals surface area contributed by atoms with E-state index in [-0.39, 0.29) is 11.4 Å². The standard InChI is InChI=1S/C22H12BrN5O3S2/c23-15-10-12(5-6-16(15)31-21(30)17-4-2-8-32-17)9-14-18(24)28-22(26-19(14)29)33-20(27-28)13-3-1-7-25-11-13/h1-11,24H/b14-9-,24-18?. The number of ether oxygens (including phenoxy) is 1. The van der Waals surface area contributed by atoms with Gasteiger partial charge in [-0.05, 0) is 75.0 Å². The van der Waals surface area contributed by atoms with E-state index in [1.165, 1.54) is 28.1 Å². The number of carbonyl (C=O) groups is 2. The van der Waals surface area contributed by atoms with E-state index in [4.69, 9.17) is 10.1 Å². The number of thiophene rings is 1. The Labute approximate surface area is 204 Å². The van der Waals surface area contributed by atoms with Crippen molar-refractivity contribution in [3.05, 3.63) is 86.3 Å². The van der Waals surface area contributed by atoms with Gasteiger partial charge in [-0.2, -0.15) is 15.1 Å². The predicted molar refractivity (Wildman–Crippen MR) is 132 cm³/mol. The van der Waals surface area contributed by atoms with Crippen molar-refractivity contribution in [2.24, 2.45) is 10.1 Å². The number of esters is 1. The molecule has 1 aromatic carbocycles. The molecule has 5 rings (SSSR count). The predicted octanol–water partition coefficient (Wildman–Crippen LogP) is 4.79. The number of carbonyl (C=O) groups excluding carboxylic acids is 2. The van der Waals surface area contributed by atoms with Crippen LogP contribution in [0.4, 0.5) is 0 Å². The first-order valence-corrected chi connectivity index (χ1v) is 11.9. The average Bonchev–Trinajstić information content (AvgIpc) is 3.49. The van der Waals surface area contributed by atoms with E-state index in [1.54, 1.807) is 60.2 Å². The Morgan fingerprint density at radius 2 is 2.09 bits per heavy atom. The van der Waals surface area contributed by atoms with Gasteiger partial charge < -0.3 is 4.74 Å². The Morgan fingerprint density at radius 1 is 1.21 bits per heavy atom. The summed E-state index contributed by atoms with van der Waals surface area (Å²) in [5, 5.41) is 17.0. The van der Waals surface area contributed by atoms with Crippen LogP contribution in [0.3, 0.4) is 0 Å². The van der Waals surface area contributed by atoms with Gasteiger partial charge in [0.25, 0.3) is 5.91 Å². The minimum absolute atomic E-state index is 0.0688. The Hall–Kier alpha value is -3.41. The van der Waals surface area contributed by atoms with Crippen molar-refractivity contribution in [1.82, 2.24) is 9.99 Å². The fourth-order valence-electron chi connectivity index (χ4n) is 3.00. The monoisotopic (exact) mass is 537 g/mol. The maximum absolute atomic E-state index is 12.6. The first-order valence-electron chi connectivity index (χ1n) is 9.45. The molecule has 0 saturated carbocycles. The second-order valence-corrected chi connectivity index (χ2v) is 9.48. The Bertz CT molecular complexity index is 1380. The number of amidine groups is 2. The van der Waals surface area contributed by atoms with Gasteiger partial charge in [0, 0.05) is 18.0 Å².